The van der Waals surface area contributed by atoms with Crippen LogP contribution in [0.25, 0.3) is 0 Å². The van der Waals surface area contributed by atoms with Gasteiger partial charge in [0.2, 0.25) is 0 Å². The van der Waals surface area contributed by atoms with Gasteiger partial charge in [-0.3, -0.25) is 0 Å². The van der Waals surface area contributed by atoms with Crippen LogP contribution in [-0.2, 0) is 19.5 Å². The molecule has 0 spiro atoms. The number of imidazole rings is 1. The zero-order valence-corrected chi connectivity index (χ0v) is 9.84. The molecule has 17 heavy (non-hydrogen) atoms. The number of nitrogens with two attached hydrogens (primary N) is 1. The highest BCUT2D eigenvalue weighted by molar-refractivity contribution is 5.22. The summed E-state index contributed by atoms with van der Waals surface area (Å²) in [6, 6.07) is 10.7. The van der Waals surface area contributed by atoms with Crippen molar-refractivity contribution < 1.29 is 0 Å². The van der Waals surface area contributed by atoms with Crippen LogP contribution in [0.15, 0.2) is 36.5 Å². The topological polar surface area (TPSA) is 43.8 Å². The van der Waals surface area contributed by atoms with Gasteiger partial charge < -0.3 is 10.3 Å². The first-order valence-electron chi connectivity index (χ1n) is 6.17. The largest absolute Gasteiger partial charge is 0.330 e. The van der Waals surface area contributed by atoms with Crippen LogP contribution in [0.5, 0.6) is 0 Å². The Morgan fingerprint density at radius 3 is 2.88 bits per heavy atom. The molecule has 0 amide bonds. The zero-order valence-electron chi connectivity index (χ0n) is 9.84. The van der Waals surface area contributed by atoms with E-state index in [4.69, 9.17) is 5.73 Å². The summed E-state index contributed by atoms with van der Waals surface area (Å²) in [6.07, 6.45) is 4.29. The van der Waals surface area contributed by atoms with Crippen molar-refractivity contribution in [2.45, 2.75) is 31.8 Å². The Kier molecular flexibility index (Phi) is 2.69. The van der Waals surface area contributed by atoms with E-state index in [1.165, 1.54) is 17.7 Å². The average molecular weight is 227 g/mol. The van der Waals surface area contributed by atoms with Gasteiger partial charge in [-0.2, -0.15) is 0 Å². The van der Waals surface area contributed by atoms with Crippen molar-refractivity contribution in [2.75, 3.05) is 0 Å². The number of rotatable bonds is 2. The Morgan fingerprint density at radius 1 is 1.29 bits per heavy atom. The summed E-state index contributed by atoms with van der Waals surface area (Å²) in [4.78, 5) is 4.38. The van der Waals surface area contributed by atoms with Gasteiger partial charge in [-0.25, -0.2) is 4.98 Å². The van der Waals surface area contributed by atoms with E-state index in [1.807, 2.05) is 6.20 Å². The molecule has 3 heteroatoms. The van der Waals surface area contributed by atoms with Crippen molar-refractivity contribution >= 4 is 0 Å². The fourth-order valence-electron chi connectivity index (χ4n) is 2.67. The second-order valence-electron chi connectivity index (χ2n) is 4.63. The Morgan fingerprint density at radius 2 is 2.12 bits per heavy atom. The third-order valence-corrected chi connectivity index (χ3v) is 3.63. The van der Waals surface area contributed by atoms with Crippen molar-refractivity contribution in [3.63, 3.8) is 0 Å². The van der Waals surface area contributed by atoms with E-state index >= 15 is 0 Å². The molecule has 0 saturated heterocycles. The Balaban J connectivity index is 1.89. The number of hydrogen-bond donors (Lipinski definition) is 1. The van der Waals surface area contributed by atoms with E-state index in [2.05, 4.69) is 39.9 Å². The molecule has 3 rings (SSSR count). The number of aromatic nitrogens is 2. The van der Waals surface area contributed by atoms with Crippen LogP contribution >= 0.6 is 0 Å². The number of benzene rings is 1. The number of fused-ring (bicyclic) bond motifs is 1. The van der Waals surface area contributed by atoms with Crippen LogP contribution in [0.4, 0.5) is 0 Å². The van der Waals surface area contributed by atoms with Crippen LogP contribution in [-0.4, -0.2) is 9.55 Å². The second kappa shape index (κ2) is 4.34. The lowest BCUT2D eigenvalue weighted by molar-refractivity contribution is 0.451. The quantitative estimate of drug-likeness (QED) is 0.853. The van der Waals surface area contributed by atoms with E-state index in [0.29, 0.717) is 12.5 Å². The summed E-state index contributed by atoms with van der Waals surface area (Å²) in [5.74, 6) is 1.61. The smallest absolute Gasteiger partial charge is 0.122 e. The van der Waals surface area contributed by atoms with Gasteiger partial charge in [-0.1, -0.05) is 30.3 Å². The molecule has 2 N–H and O–H groups in total. The van der Waals surface area contributed by atoms with Gasteiger partial charge >= 0.3 is 0 Å². The highest BCUT2D eigenvalue weighted by Gasteiger charge is 2.21. The summed E-state index contributed by atoms with van der Waals surface area (Å²) in [7, 11) is 0. The van der Waals surface area contributed by atoms with Gasteiger partial charge in [0.25, 0.3) is 0 Å². The van der Waals surface area contributed by atoms with Crippen molar-refractivity contribution in [3.05, 3.63) is 53.6 Å². The molecule has 3 nitrogen and oxygen atoms in total. The minimum absolute atomic E-state index is 0.529. The third kappa shape index (κ3) is 1.87. The number of nitrogens with zero attached hydrogens (tertiary/aromatic N) is 2. The van der Waals surface area contributed by atoms with Crippen LogP contribution < -0.4 is 5.73 Å². The molecular weight excluding hydrogens is 210 g/mol. The first-order valence-corrected chi connectivity index (χ1v) is 6.17. The molecule has 1 unspecified atom stereocenters. The maximum atomic E-state index is 5.72. The van der Waals surface area contributed by atoms with Gasteiger partial charge in [0.05, 0.1) is 6.54 Å². The van der Waals surface area contributed by atoms with Gasteiger partial charge in [0, 0.05) is 24.4 Å². The summed E-state index contributed by atoms with van der Waals surface area (Å²) >= 11 is 0. The molecule has 1 aromatic carbocycles. The van der Waals surface area contributed by atoms with Gasteiger partial charge in [-0.15, -0.1) is 0 Å². The molecule has 2 aromatic rings. The predicted molar refractivity (Wildman–Crippen MR) is 67.6 cm³/mol. The lowest BCUT2D eigenvalue weighted by Gasteiger charge is -2.25. The minimum atomic E-state index is 0.529. The molecule has 1 atom stereocenters. The molecule has 1 aromatic heterocycles. The zero-order chi connectivity index (χ0) is 11.7. The molecule has 1 aliphatic rings. The van der Waals surface area contributed by atoms with E-state index in [-0.39, 0.29) is 0 Å². The second-order valence-corrected chi connectivity index (χ2v) is 4.63. The van der Waals surface area contributed by atoms with E-state index in [1.54, 1.807) is 0 Å². The predicted octanol–water partition coefficient (Wildman–Crippen LogP) is 2.07. The first-order chi connectivity index (χ1) is 8.38. The first kappa shape index (κ1) is 10.5. The Bertz CT molecular complexity index is 488. The van der Waals surface area contributed by atoms with E-state index in [9.17, 15) is 0 Å². The van der Waals surface area contributed by atoms with E-state index < -0.39 is 0 Å². The van der Waals surface area contributed by atoms with Crippen molar-refractivity contribution in [1.29, 1.82) is 0 Å². The van der Waals surface area contributed by atoms with Crippen molar-refractivity contribution in [1.82, 2.24) is 9.55 Å². The average Bonchev–Trinajstić information content (AvgIpc) is 2.81. The number of aryl methyl sites for hydroxylation is 1. The van der Waals surface area contributed by atoms with Crippen LogP contribution in [0, 0.1) is 0 Å². The number of hydrogen-bond acceptors (Lipinski definition) is 2. The molecule has 88 valence electrons. The van der Waals surface area contributed by atoms with Crippen LogP contribution in [0.1, 0.15) is 29.4 Å². The van der Waals surface area contributed by atoms with Gasteiger partial charge in [-0.05, 0) is 18.4 Å². The maximum Gasteiger partial charge on any atom is 0.122 e. The fourth-order valence-corrected chi connectivity index (χ4v) is 2.67. The highest BCUT2D eigenvalue weighted by atomic mass is 15.1. The van der Waals surface area contributed by atoms with Crippen LogP contribution in [0.3, 0.4) is 0 Å². The van der Waals surface area contributed by atoms with Crippen LogP contribution in [0.2, 0.25) is 0 Å². The molecule has 2 heterocycles. The minimum Gasteiger partial charge on any atom is -0.330 e. The molecular formula is C14H17N3. The van der Waals surface area contributed by atoms with Gasteiger partial charge in [0.15, 0.2) is 0 Å². The van der Waals surface area contributed by atoms with Crippen molar-refractivity contribution in [2.24, 2.45) is 5.73 Å². The summed E-state index contributed by atoms with van der Waals surface area (Å²) < 4.78 is 2.29. The van der Waals surface area contributed by atoms with Gasteiger partial charge in [0.1, 0.15) is 5.82 Å². The Hall–Kier alpha value is -1.61. The highest BCUT2D eigenvalue weighted by Crippen LogP contribution is 2.29. The van der Waals surface area contributed by atoms with E-state index in [0.717, 1.165) is 18.8 Å². The SMILES string of the molecule is NCc1ncc2n1CC(c1ccccc1)CC2. The maximum absolute atomic E-state index is 5.72. The molecule has 0 fully saturated rings. The molecule has 1 aliphatic heterocycles. The summed E-state index contributed by atoms with van der Waals surface area (Å²) in [6.45, 7) is 1.55. The summed E-state index contributed by atoms with van der Waals surface area (Å²) in [5, 5.41) is 0. The Labute approximate surface area is 101 Å². The monoisotopic (exact) mass is 227 g/mol. The lowest BCUT2D eigenvalue weighted by atomic mass is 9.91. The third-order valence-electron chi connectivity index (χ3n) is 3.63. The lowest BCUT2D eigenvalue weighted by Crippen LogP contribution is -2.21. The summed E-state index contributed by atoms with van der Waals surface area (Å²) in [5.41, 5.74) is 8.48. The molecule has 0 saturated carbocycles. The standard InChI is InChI=1S/C14H17N3/c15-8-14-16-9-13-7-6-12(10-17(13)14)11-4-2-1-3-5-11/h1-5,9,12H,6-8,10,15H2. The molecule has 0 radical (unpaired) electrons. The normalized spacial score (nSPS) is 19.0. The fraction of sp³-hybridized carbons (Fsp3) is 0.357. The molecule has 0 aliphatic carbocycles. The molecule has 0 bridgehead atoms. The van der Waals surface area contributed by atoms with Crippen molar-refractivity contribution in [3.8, 4) is 0 Å².